The highest BCUT2D eigenvalue weighted by Gasteiger charge is 2.17. The Morgan fingerprint density at radius 3 is 2.67 bits per heavy atom. The largest absolute Gasteiger partial charge is 0.486 e. The van der Waals surface area contributed by atoms with Crippen molar-refractivity contribution in [3.05, 3.63) is 65.2 Å². The molecule has 9 nitrogen and oxygen atoms in total. The number of hydrazine groups is 1. The second-order valence-corrected chi connectivity index (χ2v) is 7.30. The van der Waals surface area contributed by atoms with Gasteiger partial charge in [-0.25, -0.2) is 4.98 Å². The lowest BCUT2D eigenvalue weighted by atomic mass is 10.2. The Bertz CT molecular complexity index is 1080. The number of benzene rings is 1. The lowest BCUT2D eigenvalue weighted by Gasteiger charge is -2.18. The highest BCUT2D eigenvalue weighted by atomic mass is 32.2. The van der Waals surface area contributed by atoms with Crippen LogP contribution in [0.1, 0.15) is 32.2 Å². The van der Waals surface area contributed by atoms with Gasteiger partial charge in [0.25, 0.3) is 11.8 Å². The summed E-state index contributed by atoms with van der Waals surface area (Å²) >= 11 is 1.35. The van der Waals surface area contributed by atoms with Gasteiger partial charge in [-0.2, -0.15) is 0 Å². The van der Waals surface area contributed by atoms with E-state index in [9.17, 15) is 9.59 Å². The van der Waals surface area contributed by atoms with E-state index in [2.05, 4.69) is 21.0 Å². The highest BCUT2D eigenvalue weighted by Crippen LogP contribution is 2.30. The van der Waals surface area contributed by atoms with Crippen molar-refractivity contribution in [1.82, 2.24) is 21.0 Å². The number of fused-ring (bicyclic) bond motifs is 1. The molecular weight excluding hydrogens is 408 g/mol. The van der Waals surface area contributed by atoms with Gasteiger partial charge in [0.15, 0.2) is 11.5 Å². The summed E-state index contributed by atoms with van der Waals surface area (Å²) in [5.74, 6) is 1.34. The van der Waals surface area contributed by atoms with Crippen molar-refractivity contribution in [3.63, 3.8) is 0 Å². The number of nitrogens with one attached hydrogen (secondary N) is 2. The number of thioether (sulfide) groups is 1. The first-order valence-corrected chi connectivity index (χ1v) is 10.1. The van der Waals surface area contributed by atoms with E-state index < -0.39 is 11.8 Å². The van der Waals surface area contributed by atoms with Crippen molar-refractivity contribution < 1.29 is 23.6 Å². The van der Waals surface area contributed by atoms with Crippen LogP contribution in [0.5, 0.6) is 11.5 Å². The van der Waals surface area contributed by atoms with E-state index in [0.29, 0.717) is 52.4 Å². The summed E-state index contributed by atoms with van der Waals surface area (Å²) in [5, 5.41) is 4.45. The molecule has 0 aliphatic carbocycles. The third kappa shape index (κ3) is 4.54. The Kier molecular flexibility index (Phi) is 5.84. The third-order valence-electron chi connectivity index (χ3n) is 4.14. The molecule has 10 heteroatoms. The minimum Gasteiger partial charge on any atom is -0.486 e. The smallest absolute Gasteiger partial charge is 0.272 e. The van der Waals surface area contributed by atoms with Gasteiger partial charge in [0.2, 0.25) is 0 Å². The zero-order valence-corrected chi connectivity index (χ0v) is 16.8. The minimum atomic E-state index is -0.479. The van der Waals surface area contributed by atoms with Gasteiger partial charge >= 0.3 is 0 Å². The summed E-state index contributed by atoms with van der Waals surface area (Å²) in [6.45, 7) is 2.70. The van der Waals surface area contributed by atoms with E-state index in [1.165, 1.54) is 11.8 Å². The third-order valence-corrected chi connectivity index (χ3v) is 5.18. The maximum atomic E-state index is 12.6. The van der Waals surface area contributed by atoms with Crippen LogP contribution in [-0.4, -0.2) is 35.2 Å². The fourth-order valence-corrected chi connectivity index (χ4v) is 3.62. The van der Waals surface area contributed by atoms with Gasteiger partial charge in [-0.05, 0) is 37.3 Å². The van der Waals surface area contributed by atoms with Crippen LogP contribution in [0.2, 0.25) is 0 Å². The molecule has 3 aromatic rings. The molecule has 4 rings (SSSR count). The SMILES string of the molecule is Cc1cc(CSc2ncccc2C(=O)NNC(=O)c2ccc3c(c2)OCCO3)no1. The summed E-state index contributed by atoms with van der Waals surface area (Å²) in [6.07, 6.45) is 1.60. The molecule has 1 aromatic carbocycles. The first-order valence-electron chi connectivity index (χ1n) is 9.10. The molecule has 2 amide bonds. The monoisotopic (exact) mass is 426 g/mol. The van der Waals surface area contributed by atoms with Crippen LogP contribution in [0.3, 0.4) is 0 Å². The van der Waals surface area contributed by atoms with Gasteiger partial charge in [-0.15, -0.1) is 0 Å². The number of hydrogen-bond acceptors (Lipinski definition) is 8. The second kappa shape index (κ2) is 8.87. The molecule has 1 aliphatic heterocycles. The molecule has 0 spiro atoms. The van der Waals surface area contributed by atoms with Crippen molar-refractivity contribution in [1.29, 1.82) is 0 Å². The Hall–Kier alpha value is -3.53. The summed E-state index contributed by atoms with van der Waals surface area (Å²) in [7, 11) is 0. The lowest BCUT2D eigenvalue weighted by Crippen LogP contribution is -2.41. The van der Waals surface area contributed by atoms with Gasteiger partial charge in [0.05, 0.1) is 11.3 Å². The quantitative estimate of drug-likeness (QED) is 0.472. The molecule has 30 heavy (non-hydrogen) atoms. The summed E-state index contributed by atoms with van der Waals surface area (Å²) in [6, 6.07) is 9.94. The zero-order valence-electron chi connectivity index (χ0n) is 16.0. The number of aryl methyl sites for hydroxylation is 1. The number of rotatable bonds is 5. The molecule has 0 radical (unpaired) electrons. The molecule has 0 bridgehead atoms. The van der Waals surface area contributed by atoms with Crippen LogP contribution in [0.15, 0.2) is 52.1 Å². The molecular formula is C20H18N4O5S. The Morgan fingerprint density at radius 2 is 1.87 bits per heavy atom. The highest BCUT2D eigenvalue weighted by molar-refractivity contribution is 7.98. The van der Waals surface area contributed by atoms with Crippen molar-refractivity contribution in [3.8, 4) is 11.5 Å². The predicted octanol–water partition coefficient (Wildman–Crippen LogP) is 2.52. The van der Waals surface area contributed by atoms with Gasteiger partial charge < -0.3 is 14.0 Å². The Balaban J connectivity index is 1.38. The Labute approximate surface area is 176 Å². The van der Waals surface area contributed by atoms with E-state index >= 15 is 0 Å². The fourth-order valence-electron chi connectivity index (χ4n) is 2.74. The van der Waals surface area contributed by atoms with E-state index in [-0.39, 0.29) is 0 Å². The van der Waals surface area contributed by atoms with E-state index in [1.807, 2.05) is 13.0 Å². The summed E-state index contributed by atoms with van der Waals surface area (Å²) < 4.78 is 16.0. The van der Waals surface area contributed by atoms with E-state index in [1.54, 1.807) is 36.5 Å². The van der Waals surface area contributed by atoms with Crippen LogP contribution < -0.4 is 20.3 Å². The maximum Gasteiger partial charge on any atom is 0.272 e. The zero-order chi connectivity index (χ0) is 20.9. The number of carbonyl (C=O) groups is 2. The number of nitrogens with zero attached hydrogens (tertiary/aromatic N) is 2. The summed E-state index contributed by atoms with van der Waals surface area (Å²) in [4.78, 5) is 29.2. The molecule has 1 aliphatic rings. The van der Waals surface area contributed by atoms with Crippen LogP contribution in [0.25, 0.3) is 0 Å². The molecule has 3 heterocycles. The van der Waals surface area contributed by atoms with Gasteiger partial charge in [0, 0.05) is 23.6 Å². The van der Waals surface area contributed by atoms with Crippen LogP contribution in [0.4, 0.5) is 0 Å². The molecule has 0 fully saturated rings. The van der Waals surface area contributed by atoms with Crippen LogP contribution in [-0.2, 0) is 5.75 Å². The van der Waals surface area contributed by atoms with Crippen molar-refractivity contribution in [2.24, 2.45) is 0 Å². The number of ether oxygens (including phenoxy) is 2. The van der Waals surface area contributed by atoms with E-state index in [4.69, 9.17) is 14.0 Å². The Morgan fingerprint density at radius 1 is 1.07 bits per heavy atom. The average molecular weight is 426 g/mol. The second-order valence-electron chi connectivity index (χ2n) is 6.34. The standard InChI is InChI=1S/C20H18N4O5S/c1-12-9-14(24-29-12)11-30-20-15(3-2-6-21-20)19(26)23-22-18(25)13-4-5-16-17(10-13)28-8-7-27-16/h2-6,9-10H,7-8,11H2,1H3,(H,22,25)(H,23,26). The lowest BCUT2D eigenvalue weighted by molar-refractivity contribution is 0.0844. The van der Waals surface area contributed by atoms with Gasteiger partial charge in [-0.1, -0.05) is 16.9 Å². The number of hydrogen-bond donors (Lipinski definition) is 2. The molecule has 0 atom stereocenters. The molecule has 154 valence electrons. The first-order chi connectivity index (χ1) is 14.6. The molecule has 0 saturated carbocycles. The normalized spacial score (nSPS) is 12.3. The molecule has 2 aromatic heterocycles. The molecule has 0 saturated heterocycles. The van der Waals surface area contributed by atoms with Crippen molar-refractivity contribution in [2.45, 2.75) is 17.7 Å². The van der Waals surface area contributed by atoms with Crippen molar-refractivity contribution >= 4 is 23.6 Å². The predicted molar refractivity (Wildman–Crippen MR) is 107 cm³/mol. The van der Waals surface area contributed by atoms with Crippen LogP contribution >= 0.6 is 11.8 Å². The first kappa shape index (κ1) is 19.8. The molecule has 2 N–H and O–H groups in total. The average Bonchev–Trinajstić information content (AvgIpc) is 3.20. The van der Waals surface area contributed by atoms with E-state index in [0.717, 1.165) is 5.69 Å². The minimum absolute atomic E-state index is 0.335. The number of pyridine rings is 1. The van der Waals surface area contributed by atoms with Crippen molar-refractivity contribution in [2.75, 3.05) is 13.2 Å². The number of aromatic nitrogens is 2. The number of amides is 2. The maximum absolute atomic E-state index is 12.6. The van der Waals surface area contributed by atoms with Gasteiger partial charge in [-0.3, -0.25) is 20.4 Å². The topological polar surface area (TPSA) is 116 Å². The summed E-state index contributed by atoms with van der Waals surface area (Å²) in [5.41, 5.74) is 6.26. The molecule has 0 unspecified atom stereocenters. The van der Waals surface area contributed by atoms with Gasteiger partial charge in [0.1, 0.15) is 24.0 Å². The van der Waals surface area contributed by atoms with Crippen LogP contribution in [0, 0.1) is 6.92 Å². The number of carbonyl (C=O) groups excluding carboxylic acids is 2. The fraction of sp³-hybridized carbons (Fsp3) is 0.200.